The number of nitrogens with one attached hydrogen (secondary N) is 1. The normalized spacial score (nSPS) is 9.90. The first kappa shape index (κ1) is 14.3. The fourth-order valence-electron chi connectivity index (χ4n) is 1.48. The van der Waals surface area contributed by atoms with E-state index in [2.05, 4.69) is 4.98 Å². The molecule has 0 atom stereocenters. The highest BCUT2D eigenvalue weighted by Gasteiger charge is 2.09. The maximum atomic E-state index is 11.4. The van der Waals surface area contributed by atoms with E-state index in [0.717, 1.165) is 0 Å². The van der Waals surface area contributed by atoms with E-state index in [9.17, 15) is 19.7 Å². The van der Waals surface area contributed by atoms with Gasteiger partial charge in [-0.15, -0.1) is 0 Å². The van der Waals surface area contributed by atoms with Crippen molar-refractivity contribution in [3.05, 3.63) is 68.6 Å². The first-order valence-electron chi connectivity index (χ1n) is 5.81. The molecule has 0 aliphatic carbocycles. The molecule has 0 aliphatic rings. The maximum absolute atomic E-state index is 11.4. The molecular weight excluding hydrogens is 280 g/mol. The van der Waals surface area contributed by atoms with E-state index >= 15 is 0 Å². The van der Waals surface area contributed by atoms with Crippen LogP contribution >= 0.6 is 0 Å². The van der Waals surface area contributed by atoms with Crippen molar-refractivity contribution in [1.82, 2.24) is 4.98 Å². The van der Waals surface area contributed by atoms with Crippen LogP contribution in [0.15, 0.2) is 47.4 Å². The van der Waals surface area contributed by atoms with Crippen LogP contribution in [0.3, 0.4) is 0 Å². The first-order chi connectivity index (χ1) is 10.0. The Morgan fingerprint density at radius 2 is 1.95 bits per heavy atom. The second-order valence-corrected chi connectivity index (χ2v) is 3.95. The smallest absolute Gasteiger partial charge is 0.429 e. The fraction of sp³-hybridized carbons (Fsp3) is 0.0769. The molecular formula is C13H10N2O6. The Labute approximate surface area is 118 Å². The molecule has 1 aromatic heterocycles. The van der Waals surface area contributed by atoms with Gasteiger partial charge in [0.25, 0.3) is 5.69 Å². The summed E-state index contributed by atoms with van der Waals surface area (Å²) in [7, 11) is 0. The van der Waals surface area contributed by atoms with Crippen molar-refractivity contribution in [1.29, 1.82) is 0 Å². The van der Waals surface area contributed by atoms with Gasteiger partial charge in [-0.05, 0) is 23.8 Å². The molecule has 8 heteroatoms. The number of rotatable bonds is 4. The molecule has 108 valence electrons. The molecule has 0 aliphatic heterocycles. The number of aromatic nitrogens is 1. The van der Waals surface area contributed by atoms with Crippen LogP contribution < -0.4 is 10.3 Å². The molecule has 0 saturated heterocycles. The number of nitro benzene ring substituents is 1. The van der Waals surface area contributed by atoms with E-state index in [4.69, 9.17) is 9.47 Å². The van der Waals surface area contributed by atoms with Crippen LogP contribution in [0, 0.1) is 10.1 Å². The molecule has 0 spiro atoms. The van der Waals surface area contributed by atoms with Crippen molar-refractivity contribution in [2.24, 2.45) is 0 Å². The number of pyridine rings is 1. The summed E-state index contributed by atoms with van der Waals surface area (Å²) in [6, 6.07) is 7.86. The van der Waals surface area contributed by atoms with Crippen molar-refractivity contribution in [3.8, 4) is 5.75 Å². The van der Waals surface area contributed by atoms with Crippen LogP contribution in [-0.2, 0) is 11.3 Å². The van der Waals surface area contributed by atoms with Gasteiger partial charge in [0.2, 0.25) is 5.56 Å². The predicted octanol–water partition coefficient (Wildman–Crippen LogP) is 2.00. The van der Waals surface area contributed by atoms with Crippen molar-refractivity contribution in [2.45, 2.75) is 6.61 Å². The quantitative estimate of drug-likeness (QED) is 0.399. The molecule has 1 heterocycles. The van der Waals surface area contributed by atoms with E-state index < -0.39 is 11.1 Å². The summed E-state index contributed by atoms with van der Waals surface area (Å²) in [6.07, 6.45) is 0.465. The predicted molar refractivity (Wildman–Crippen MR) is 71.0 cm³/mol. The molecule has 0 fully saturated rings. The Hall–Kier alpha value is -3.16. The van der Waals surface area contributed by atoms with Gasteiger partial charge in [0.15, 0.2) is 0 Å². The summed E-state index contributed by atoms with van der Waals surface area (Å²) in [6.45, 7) is -0.115. The van der Waals surface area contributed by atoms with Crippen LogP contribution in [0.4, 0.5) is 10.5 Å². The molecule has 2 aromatic rings. The summed E-state index contributed by atoms with van der Waals surface area (Å²) in [5.41, 5.74) is 0.0958. The summed E-state index contributed by atoms with van der Waals surface area (Å²) in [4.78, 5) is 34.8. The molecule has 0 amide bonds. The number of nitro groups is 1. The van der Waals surface area contributed by atoms with E-state index in [1.54, 1.807) is 6.07 Å². The van der Waals surface area contributed by atoms with Crippen LogP contribution in [-0.4, -0.2) is 16.1 Å². The van der Waals surface area contributed by atoms with Gasteiger partial charge in [-0.3, -0.25) is 14.9 Å². The second-order valence-electron chi connectivity index (χ2n) is 3.95. The molecule has 0 bridgehead atoms. The Kier molecular flexibility index (Phi) is 4.30. The Balaban J connectivity index is 1.89. The number of hydrogen-bond donors (Lipinski definition) is 1. The van der Waals surface area contributed by atoms with Gasteiger partial charge in [0.05, 0.1) is 4.92 Å². The summed E-state index contributed by atoms with van der Waals surface area (Å²) in [5.74, 6) is 0.122. The minimum Gasteiger partial charge on any atom is -0.429 e. The number of ether oxygens (including phenoxy) is 2. The number of aromatic amines is 1. The average Bonchev–Trinajstić information content (AvgIpc) is 2.46. The van der Waals surface area contributed by atoms with E-state index in [1.807, 2.05) is 0 Å². The van der Waals surface area contributed by atoms with E-state index in [0.29, 0.717) is 5.56 Å². The van der Waals surface area contributed by atoms with E-state index in [-0.39, 0.29) is 23.6 Å². The first-order valence-corrected chi connectivity index (χ1v) is 5.81. The summed E-state index contributed by atoms with van der Waals surface area (Å²) in [5, 5.41) is 10.5. The largest absolute Gasteiger partial charge is 0.514 e. The molecule has 8 nitrogen and oxygen atoms in total. The fourth-order valence-corrected chi connectivity index (χ4v) is 1.48. The molecule has 0 radical (unpaired) electrons. The van der Waals surface area contributed by atoms with E-state index in [1.165, 1.54) is 36.5 Å². The highest BCUT2D eigenvalue weighted by molar-refractivity contribution is 5.64. The number of benzene rings is 1. The molecule has 0 saturated carbocycles. The third-order valence-corrected chi connectivity index (χ3v) is 2.44. The minimum atomic E-state index is -0.968. The zero-order chi connectivity index (χ0) is 15.2. The maximum Gasteiger partial charge on any atom is 0.514 e. The highest BCUT2D eigenvalue weighted by Crippen LogP contribution is 2.17. The number of non-ortho nitro benzene ring substituents is 1. The average molecular weight is 290 g/mol. The Morgan fingerprint density at radius 1 is 1.24 bits per heavy atom. The monoisotopic (exact) mass is 290 g/mol. The lowest BCUT2D eigenvalue weighted by Crippen LogP contribution is -2.12. The third kappa shape index (κ3) is 4.16. The van der Waals surface area contributed by atoms with Gasteiger partial charge in [-0.1, -0.05) is 0 Å². The van der Waals surface area contributed by atoms with Crippen molar-refractivity contribution in [2.75, 3.05) is 0 Å². The van der Waals surface area contributed by atoms with Gasteiger partial charge in [0.1, 0.15) is 12.4 Å². The van der Waals surface area contributed by atoms with Crippen LogP contribution in [0.2, 0.25) is 0 Å². The van der Waals surface area contributed by atoms with Crippen molar-refractivity contribution >= 4 is 11.8 Å². The molecule has 21 heavy (non-hydrogen) atoms. The lowest BCUT2D eigenvalue weighted by Gasteiger charge is -2.05. The number of nitrogens with zero attached hydrogens (tertiary/aromatic N) is 1. The zero-order valence-electron chi connectivity index (χ0n) is 10.6. The molecule has 1 aromatic carbocycles. The zero-order valence-corrected chi connectivity index (χ0v) is 10.6. The lowest BCUT2D eigenvalue weighted by atomic mass is 10.3. The van der Waals surface area contributed by atoms with Gasteiger partial charge >= 0.3 is 6.16 Å². The Morgan fingerprint density at radius 3 is 2.57 bits per heavy atom. The minimum absolute atomic E-state index is 0.112. The summed E-state index contributed by atoms with van der Waals surface area (Å²) >= 11 is 0. The van der Waals surface area contributed by atoms with Crippen molar-refractivity contribution < 1.29 is 19.2 Å². The number of H-pyrrole nitrogens is 1. The summed E-state index contributed by atoms with van der Waals surface area (Å²) < 4.78 is 9.65. The Bertz CT molecular complexity index is 707. The van der Waals surface area contributed by atoms with Gasteiger partial charge in [0, 0.05) is 24.4 Å². The van der Waals surface area contributed by atoms with Gasteiger partial charge in [-0.25, -0.2) is 4.79 Å². The number of carbonyl (C=O) groups excluding carboxylic acids is 1. The molecule has 2 rings (SSSR count). The van der Waals surface area contributed by atoms with Crippen molar-refractivity contribution in [3.63, 3.8) is 0 Å². The highest BCUT2D eigenvalue weighted by atomic mass is 16.7. The number of hydrogen-bond acceptors (Lipinski definition) is 6. The molecule has 0 unspecified atom stereocenters. The topological polar surface area (TPSA) is 112 Å². The number of carbonyl (C=O) groups is 1. The molecule has 1 N–H and O–H groups in total. The van der Waals surface area contributed by atoms with Gasteiger partial charge in [-0.2, -0.15) is 0 Å². The van der Waals surface area contributed by atoms with Crippen LogP contribution in [0.25, 0.3) is 0 Å². The SMILES string of the molecule is O=C(OCc1cc[nH]c(=O)c1)Oc1ccc([N+](=O)[O-])cc1. The third-order valence-electron chi connectivity index (χ3n) is 2.44. The van der Waals surface area contributed by atoms with Gasteiger partial charge < -0.3 is 14.5 Å². The second kappa shape index (κ2) is 6.33. The lowest BCUT2D eigenvalue weighted by molar-refractivity contribution is -0.384. The van der Waals surface area contributed by atoms with Crippen LogP contribution in [0.5, 0.6) is 5.75 Å². The standard InChI is InChI=1S/C13H10N2O6/c16-12-7-9(5-6-14-12)8-20-13(17)21-11-3-1-10(2-4-11)15(18)19/h1-7H,8H2,(H,14,16). The van der Waals surface area contributed by atoms with Crippen LogP contribution in [0.1, 0.15) is 5.56 Å².